The first kappa shape index (κ1) is 15.9. The molecule has 0 unspecified atom stereocenters. The summed E-state index contributed by atoms with van der Waals surface area (Å²) in [5.74, 6) is 0. The second kappa shape index (κ2) is 6.36. The molecule has 6 nitrogen and oxygen atoms in total. The minimum Gasteiger partial charge on any atom is -0.444 e. The Morgan fingerprint density at radius 3 is 2.30 bits per heavy atom. The van der Waals surface area contributed by atoms with Crippen molar-refractivity contribution >= 4 is 11.8 Å². The van der Waals surface area contributed by atoms with Crippen LogP contribution < -0.4 is 0 Å². The van der Waals surface area contributed by atoms with Gasteiger partial charge in [-0.3, -0.25) is 10.1 Å². The van der Waals surface area contributed by atoms with Crippen molar-refractivity contribution in [1.29, 1.82) is 0 Å². The van der Waals surface area contributed by atoms with Gasteiger partial charge in [-0.1, -0.05) is 12.1 Å². The van der Waals surface area contributed by atoms with Crippen LogP contribution in [0, 0.1) is 10.1 Å². The summed E-state index contributed by atoms with van der Waals surface area (Å²) in [6.07, 6.45) is 0.243. The molecule has 1 amide bonds. The number of amides is 1. The van der Waals surface area contributed by atoms with E-state index in [1.54, 1.807) is 19.2 Å². The predicted octanol–water partition coefficient (Wildman–Crippen LogP) is 3.00. The van der Waals surface area contributed by atoms with Gasteiger partial charge in [0.1, 0.15) is 5.60 Å². The number of benzene rings is 1. The first-order valence-corrected chi connectivity index (χ1v) is 6.36. The van der Waals surface area contributed by atoms with Gasteiger partial charge in [-0.25, -0.2) is 4.79 Å². The van der Waals surface area contributed by atoms with Crippen LogP contribution in [0.3, 0.4) is 0 Å². The van der Waals surface area contributed by atoms with Gasteiger partial charge >= 0.3 is 6.09 Å². The number of nitrogens with zero attached hydrogens (tertiary/aromatic N) is 2. The first-order valence-electron chi connectivity index (χ1n) is 6.36. The van der Waals surface area contributed by atoms with E-state index in [4.69, 9.17) is 4.74 Å². The van der Waals surface area contributed by atoms with Crippen LogP contribution in [0.15, 0.2) is 24.3 Å². The highest BCUT2D eigenvalue weighted by Crippen LogP contribution is 2.13. The zero-order valence-electron chi connectivity index (χ0n) is 12.3. The zero-order chi connectivity index (χ0) is 15.3. The molecule has 0 N–H and O–H groups in total. The summed E-state index contributed by atoms with van der Waals surface area (Å²) in [5, 5.41) is 10.5. The lowest BCUT2D eigenvalue weighted by Gasteiger charge is -2.24. The molecule has 1 aromatic rings. The summed E-state index contributed by atoms with van der Waals surface area (Å²) in [6, 6.07) is 6.31. The predicted molar refractivity (Wildman–Crippen MR) is 75.7 cm³/mol. The summed E-state index contributed by atoms with van der Waals surface area (Å²) in [7, 11) is 1.67. The standard InChI is InChI=1S/C14H20N2O4/c1-14(2,3)20-13(17)15(4)10-9-11-5-7-12(8-6-11)16(18)19/h5-8H,9-10H2,1-4H3. The molecule has 0 radical (unpaired) electrons. The topological polar surface area (TPSA) is 72.7 Å². The van der Waals surface area contributed by atoms with E-state index in [0.29, 0.717) is 13.0 Å². The van der Waals surface area contributed by atoms with Crippen molar-refractivity contribution in [3.8, 4) is 0 Å². The lowest BCUT2D eigenvalue weighted by molar-refractivity contribution is -0.384. The van der Waals surface area contributed by atoms with Gasteiger partial charge in [0.25, 0.3) is 5.69 Å². The number of ether oxygens (including phenoxy) is 1. The second-order valence-electron chi connectivity index (χ2n) is 5.58. The second-order valence-corrected chi connectivity index (χ2v) is 5.58. The van der Waals surface area contributed by atoms with Crippen LogP contribution in [-0.2, 0) is 11.2 Å². The van der Waals surface area contributed by atoms with E-state index in [1.165, 1.54) is 17.0 Å². The molecule has 1 aromatic carbocycles. The molecule has 0 aliphatic rings. The molecule has 0 saturated carbocycles. The van der Waals surface area contributed by atoms with Crippen molar-refractivity contribution in [3.63, 3.8) is 0 Å². The van der Waals surface area contributed by atoms with Crippen LogP contribution in [-0.4, -0.2) is 35.1 Å². The normalized spacial score (nSPS) is 11.0. The van der Waals surface area contributed by atoms with Crippen LogP contribution in [0.1, 0.15) is 26.3 Å². The van der Waals surface area contributed by atoms with Crippen LogP contribution >= 0.6 is 0 Å². The summed E-state index contributed by atoms with van der Waals surface area (Å²) >= 11 is 0. The molecule has 0 bridgehead atoms. The molecule has 20 heavy (non-hydrogen) atoms. The highest BCUT2D eigenvalue weighted by Gasteiger charge is 2.19. The lowest BCUT2D eigenvalue weighted by atomic mass is 10.1. The molecular formula is C14H20N2O4. The number of nitro groups is 1. The number of non-ortho nitro benzene ring substituents is 1. The molecule has 0 fully saturated rings. The molecule has 0 aliphatic heterocycles. The van der Waals surface area contributed by atoms with E-state index in [0.717, 1.165) is 5.56 Å². The third-order valence-electron chi connectivity index (χ3n) is 2.59. The summed E-state index contributed by atoms with van der Waals surface area (Å²) in [5.41, 5.74) is 0.485. The lowest BCUT2D eigenvalue weighted by Crippen LogP contribution is -2.35. The van der Waals surface area contributed by atoms with Gasteiger partial charge in [0.15, 0.2) is 0 Å². The average molecular weight is 280 g/mol. The van der Waals surface area contributed by atoms with Gasteiger partial charge in [0, 0.05) is 25.7 Å². The van der Waals surface area contributed by atoms with Crippen LogP contribution in [0.25, 0.3) is 0 Å². The SMILES string of the molecule is CN(CCc1ccc([N+](=O)[O-])cc1)C(=O)OC(C)(C)C. The maximum Gasteiger partial charge on any atom is 0.410 e. The van der Waals surface area contributed by atoms with Crippen molar-refractivity contribution in [1.82, 2.24) is 4.90 Å². The Kier molecular flexibility index (Phi) is 5.07. The number of carbonyl (C=O) groups excluding carboxylic acids is 1. The van der Waals surface area contributed by atoms with Crippen LogP contribution in [0.5, 0.6) is 0 Å². The fourth-order valence-corrected chi connectivity index (χ4v) is 1.51. The van der Waals surface area contributed by atoms with Crippen LogP contribution in [0.4, 0.5) is 10.5 Å². The largest absolute Gasteiger partial charge is 0.444 e. The average Bonchev–Trinajstić information content (AvgIpc) is 2.34. The van der Waals surface area contributed by atoms with Gasteiger partial charge < -0.3 is 9.64 Å². The Morgan fingerprint density at radius 1 is 1.30 bits per heavy atom. The Bertz CT molecular complexity index is 477. The quantitative estimate of drug-likeness (QED) is 0.627. The van der Waals surface area contributed by atoms with E-state index in [9.17, 15) is 14.9 Å². The molecule has 1 rings (SSSR count). The smallest absolute Gasteiger partial charge is 0.410 e. The minimum atomic E-state index is -0.515. The minimum absolute atomic E-state index is 0.0641. The molecule has 0 saturated heterocycles. The molecule has 110 valence electrons. The van der Waals surface area contributed by atoms with Gasteiger partial charge in [0.2, 0.25) is 0 Å². The Hall–Kier alpha value is -2.11. The van der Waals surface area contributed by atoms with Gasteiger partial charge in [0.05, 0.1) is 4.92 Å². The number of likely N-dealkylation sites (N-methyl/N-ethyl adjacent to an activating group) is 1. The van der Waals surface area contributed by atoms with Crippen molar-refractivity contribution in [2.24, 2.45) is 0 Å². The molecule has 0 aromatic heterocycles. The number of rotatable bonds is 4. The maximum atomic E-state index is 11.7. The third-order valence-corrected chi connectivity index (χ3v) is 2.59. The van der Waals surface area contributed by atoms with Crippen LogP contribution in [0.2, 0.25) is 0 Å². The van der Waals surface area contributed by atoms with Gasteiger partial charge in [-0.2, -0.15) is 0 Å². The fourth-order valence-electron chi connectivity index (χ4n) is 1.51. The Balaban J connectivity index is 2.50. The van der Waals surface area contributed by atoms with Crippen molar-refractivity contribution in [2.75, 3.05) is 13.6 Å². The molecule has 0 aliphatic carbocycles. The molecule has 0 spiro atoms. The summed E-state index contributed by atoms with van der Waals surface area (Å²) in [6.45, 7) is 5.94. The first-order chi connectivity index (χ1) is 9.19. The highest BCUT2D eigenvalue weighted by atomic mass is 16.6. The van der Waals surface area contributed by atoms with E-state index in [1.807, 2.05) is 20.8 Å². The monoisotopic (exact) mass is 280 g/mol. The van der Waals surface area contributed by atoms with Gasteiger partial charge in [-0.05, 0) is 32.8 Å². The number of hydrogen-bond acceptors (Lipinski definition) is 4. The van der Waals surface area contributed by atoms with Gasteiger partial charge in [-0.15, -0.1) is 0 Å². The number of nitro benzene ring substituents is 1. The molecule has 0 atom stereocenters. The van der Waals surface area contributed by atoms with E-state index in [2.05, 4.69) is 0 Å². The van der Waals surface area contributed by atoms with Crippen molar-refractivity contribution in [2.45, 2.75) is 32.8 Å². The third kappa shape index (κ3) is 5.26. The number of hydrogen-bond donors (Lipinski definition) is 0. The maximum absolute atomic E-state index is 11.7. The van der Waals surface area contributed by atoms with Crippen molar-refractivity contribution in [3.05, 3.63) is 39.9 Å². The Labute approximate surface area is 118 Å². The highest BCUT2D eigenvalue weighted by molar-refractivity contribution is 5.67. The summed E-state index contributed by atoms with van der Waals surface area (Å²) < 4.78 is 5.24. The van der Waals surface area contributed by atoms with E-state index >= 15 is 0 Å². The Morgan fingerprint density at radius 2 is 1.85 bits per heavy atom. The molecule has 6 heteroatoms. The number of carbonyl (C=O) groups is 1. The van der Waals surface area contributed by atoms with E-state index in [-0.39, 0.29) is 11.8 Å². The van der Waals surface area contributed by atoms with E-state index < -0.39 is 10.5 Å². The zero-order valence-corrected chi connectivity index (χ0v) is 12.3. The summed E-state index contributed by atoms with van der Waals surface area (Å²) in [4.78, 5) is 23.3. The fraction of sp³-hybridized carbons (Fsp3) is 0.500. The molecule has 0 heterocycles. The van der Waals surface area contributed by atoms with Crippen molar-refractivity contribution < 1.29 is 14.5 Å². The molecular weight excluding hydrogens is 260 g/mol.